The highest BCUT2D eigenvalue weighted by Gasteiger charge is 2.19. The van der Waals surface area contributed by atoms with Crippen LogP contribution >= 0.6 is 0 Å². The van der Waals surface area contributed by atoms with Gasteiger partial charge in [0.1, 0.15) is 5.82 Å². The van der Waals surface area contributed by atoms with E-state index in [9.17, 15) is 0 Å². The summed E-state index contributed by atoms with van der Waals surface area (Å²) in [6, 6.07) is 14.8. The van der Waals surface area contributed by atoms with Crippen molar-refractivity contribution in [3.05, 3.63) is 54.2 Å². The fraction of sp³-hybridized carbons (Fsp3) is 0.429. The largest absolute Gasteiger partial charge is 0.368 e. The first-order chi connectivity index (χ1) is 13.2. The van der Waals surface area contributed by atoms with Gasteiger partial charge in [0.15, 0.2) is 5.96 Å². The van der Waals surface area contributed by atoms with Crippen molar-refractivity contribution >= 4 is 17.5 Å². The van der Waals surface area contributed by atoms with Gasteiger partial charge >= 0.3 is 0 Å². The SMILES string of the molecule is CCNC(=NCc1ccnc(N(C)C)c1)N1CCN(c2ccccc2)CC1. The average Bonchev–Trinajstić information content (AvgIpc) is 2.72. The topological polar surface area (TPSA) is 47.0 Å². The summed E-state index contributed by atoms with van der Waals surface area (Å²) in [4.78, 5) is 16.1. The molecule has 0 radical (unpaired) electrons. The summed E-state index contributed by atoms with van der Waals surface area (Å²) < 4.78 is 0. The van der Waals surface area contributed by atoms with Crippen LogP contribution in [0.5, 0.6) is 0 Å². The number of rotatable bonds is 5. The second-order valence-electron chi connectivity index (χ2n) is 6.90. The Labute approximate surface area is 162 Å². The molecular formula is C21H30N6. The van der Waals surface area contributed by atoms with Crippen LogP contribution in [0.2, 0.25) is 0 Å². The van der Waals surface area contributed by atoms with E-state index in [4.69, 9.17) is 4.99 Å². The van der Waals surface area contributed by atoms with Crippen LogP contribution in [0, 0.1) is 0 Å². The molecule has 0 saturated carbocycles. The maximum Gasteiger partial charge on any atom is 0.194 e. The monoisotopic (exact) mass is 366 g/mol. The third-order valence-corrected chi connectivity index (χ3v) is 4.71. The van der Waals surface area contributed by atoms with Crippen LogP contribution in [0.1, 0.15) is 12.5 Å². The van der Waals surface area contributed by atoms with Crippen LogP contribution in [-0.4, -0.2) is 62.7 Å². The number of piperazine rings is 1. The molecule has 1 aliphatic heterocycles. The number of pyridine rings is 1. The number of hydrogen-bond acceptors (Lipinski definition) is 4. The van der Waals surface area contributed by atoms with E-state index < -0.39 is 0 Å². The lowest BCUT2D eigenvalue weighted by molar-refractivity contribution is 0.372. The Bertz CT molecular complexity index is 735. The first-order valence-corrected chi connectivity index (χ1v) is 9.63. The summed E-state index contributed by atoms with van der Waals surface area (Å²) in [5, 5.41) is 3.45. The van der Waals surface area contributed by atoms with Gasteiger partial charge in [-0.3, -0.25) is 0 Å². The molecule has 2 aromatic rings. The Balaban J connectivity index is 1.63. The molecule has 1 saturated heterocycles. The molecular weight excluding hydrogens is 336 g/mol. The Morgan fingerprint density at radius 3 is 2.52 bits per heavy atom. The summed E-state index contributed by atoms with van der Waals surface area (Å²) in [5.41, 5.74) is 2.47. The average molecular weight is 367 g/mol. The van der Waals surface area contributed by atoms with Gasteiger partial charge in [0.25, 0.3) is 0 Å². The predicted octanol–water partition coefficient (Wildman–Crippen LogP) is 2.44. The van der Waals surface area contributed by atoms with Crippen molar-refractivity contribution in [2.45, 2.75) is 13.5 Å². The summed E-state index contributed by atoms with van der Waals surface area (Å²) in [7, 11) is 4.01. The van der Waals surface area contributed by atoms with E-state index in [1.165, 1.54) is 11.3 Å². The van der Waals surface area contributed by atoms with Crippen molar-refractivity contribution in [1.82, 2.24) is 15.2 Å². The third-order valence-electron chi connectivity index (χ3n) is 4.71. The minimum absolute atomic E-state index is 0.657. The first kappa shape index (κ1) is 19.0. The van der Waals surface area contributed by atoms with Gasteiger partial charge < -0.3 is 20.0 Å². The molecule has 0 aliphatic carbocycles. The van der Waals surface area contributed by atoms with Crippen LogP contribution in [-0.2, 0) is 6.54 Å². The zero-order valence-electron chi connectivity index (χ0n) is 16.6. The second-order valence-corrected chi connectivity index (χ2v) is 6.90. The fourth-order valence-corrected chi connectivity index (χ4v) is 3.21. The first-order valence-electron chi connectivity index (χ1n) is 9.63. The molecule has 144 valence electrons. The molecule has 2 heterocycles. The second kappa shape index (κ2) is 9.26. The van der Waals surface area contributed by atoms with E-state index in [0.717, 1.165) is 44.5 Å². The molecule has 27 heavy (non-hydrogen) atoms. The van der Waals surface area contributed by atoms with Crippen molar-refractivity contribution in [2.75, 3.05) is 56.6 Å². The molecule has 3 rings (SSSR count). The van der Waals surface area contributed by atoms with Gasteiger partial charge in [-0.15, -0.1) is 0 Å². The van der Waals surface area contributed by atoms with Crippen LogP contribution in [0.4, 0.5) is 11.5 Å². The maximum atomic E-state index is 4.87. The van der Waals surface area contributed by atoms with Crippen molar-refractivity contribution in [3.8, 4) is 0 Å². The van der Waals surface area contributed by atoms with Gasteiger partial charge in [-0.25, -0.2) is 9.98 Å². The van der Waals surface area contributed by atoms with Crippen molar-refractivity contribution in [3.63, 3.8) is 0 Å². The number of hydrogen-bond donors (Lipinski definition) is 1. The van der Waals surface area contributed by atoms with Gasteiger partial charge in [-0.2, -0.15) is 0 Å². The van der Waals surface area contributed by atoms with Crippen LogP contribution in [0.15, 0.2) is 53.7 Å². The third kappa shape index (κ3) is 5.12. The Morgan fingerprint density at radius 2 is 1.85 bits per heavy atom. The van der Waals surface area contributed by atoms with Crippen LogP contribution < -0.4 is 15.1 Å². The zero-order chi connectivity index (χ0) is 19.1. The molecule has 1 aromatic heterocycles. The minimum atomic E-state index is 0.657. The molecule has 6 heteroatoms. The number of anilines is 2. The minimum Gasteiger partial charge on any atom is -0.368 e. The quantitative estimate of drug-likeness (QED) is 0.651. The summed E-state index contributed by atoms with van der Waals surface area (Å²) in [6.07, 6.45) is 1.85. The van der Waals surface area contributed by atoms with E-state index in [-0.39, 0.29) is 0 Å². The molecule has 0 spiro atoms. The fourth-order valence-electron chi connectivity index (χ4n) is 3.21. The Morgan fingerprint density at radius 1 is 1.11 bits per heavy atom. The van der Waals surface area contributed by atoms with Gasteiger partial charge in [0.05, 0.1) is 6.54 Å². The lowest BCUT2D eigenvalue weighted by atomic mass is 10.2. The van der Waals surface area contributed by atoms with E-state index in [1.54, 1.807) is 0 Å². The normalized spacial score (nSPS) is 15.0. The van der Waals surface area contributed by atoms with Gasteiger partial charge in [-0.05, 0) is 36.8 Å². The molecule has 1 aliphatic rings. The van der Waals surface area contributed by atoms with Crippen molar-refractivity contribution in [1.29, 1.82) is 0 Å². The van der Waals surface area contributed by atoms with E-state index >= 15 is 0 Å². The van der Waals surface area contributed by atoms with Gasteiger partial charge in [0, 0.05) is 58.7 Å². The summed E-state index contributed by atoms with van der Waals surface area (Å²) >= 11 is 0. The van der Waals surface area contributed by atoms with Crippen molar-refractivity contribution in [2.24, 2.45) is 4.99 Å². The number of nitrogens with one attached hydrogen (secondary N) is 1. The highest BCUT2D eigenvalue weighted by molar-refractivity contribution is 5.80. The molecule has 1 fully saturated rings. The summed E-state index contributed by atoms with van der Waals surface area (Å²) in [5.74, 6) is 1.96. The maximum absolute atomic E-state index is 4.87. The molecule has 1 N–H and O–H groups in total. The standard InChI is InChI=1S/C21H30N6/c1-4-22-21(24-17-18-10-11-23-20(16-18)25(2)3)27-14-12-26(13-15-27)19-8-6-5-7-9-19/h5-11,16H,4,12-15,17H2,1-3H3,(H,22,24). The number of aliphatic imine (C=N–C) groups is 1. The Kier molecular flexibility index (Phi) is 6.52. The molecule has 0 atom stereocenters. The van der Waals surface area contributed by atoms with E-state index in [2.05, 4.69) is 63.4 Å². The number of benzene rings is 1. The number of guanidine groups is 1. The summed E-state index contributed by atoms with van der Waals surface area (Å²) in [6.45, 7) is 7.61. The molecule has 0 unspecified atom stereocenters. The van der Waals surface area contributed by atoms with Crippen LogP contribution in [0.25, 0.3) is 0 Å². The van der Waals surface area contributed by atoms with Gasteiger partial charge in [-0.1, -0.05) is 18.2 Å². The molecule has 6 nitrogen and oxygen atoms in total. The van der Waals surface area contributed by atoms with E-state index in [0.29, 0.717) is 6.54 Å². The van der Waals surface area contributed by atoms with Crippen LogP contribution in [0.3, 0.4) is 0 Å². The Hall–Kier alpha value is -2.76. The number of nitrogens with zero attached hydrogens (tertiary/aromatic N) is 5. The van der Waals surface area contributed by atoms with Gasteiger partial charge in [0.2, 0.25) is 0 Å². The lowest BCUT2D eigenvalue weighted by Crippen LogP contribution is -2.52. The highest BCUT2D eigenvalue weighted by atomic mass is 15.3. The molecule has 0 amide bonds. The molecule has 1 aromatic carbocycles. The zero-order valence-corrected chi connectivity index (χ0v) is 16.6. The number of aromatic nitrogens is 1. The van der Waals surface area contributed by atoms with E-state index in [1.807, 2.05) is 31.3 Å². The number of para-hydroxylation sites is 1. The predicted molar refractivity (Wildman–Crippen MR) is 114 cm³/mol. The highest BCUT2D eigenvalue weighted by Crippen LogP contribution is 2.16. The molecule has 0 bridgehead atoms. The lowest BCUT2D eigenvalue weighted by Gasteiger charge is -2.37. The smallest absolute Gasteiger partial charge is 0.194 e. The van der Waals surface area contributed by atoms with Crippen molar-refractivity contribution < 1.29 is 0 Å².